The van der Waals surface area contributed by atoms with E-state index in [9.17, 15) is 31.1 Å². The van der Waals surface area contributed by atoms with Gasteiger partial charge >= 0.3 is 6.36 Å². The van der Waals surface area contributed by atoms with Crippen LogP contribution in [0.5, 0.6) is 0 Å². The van der Waals surface area contributed by atoms with Crippen molar-refractivity contribution in [1.29, 1.82) is 0 Å². The number of nitrogens with zero attached hydrogens (tertiary/aromatic N) is 3. The van der Waals surface area contributed by atoms with Gasteiger partial charge in [0.15, 0.2) is 23.3 Å². The summed E-state index contributed by atoms with van der Waals surface area (Å²) in [5.41, 5.74) is -0.360. The van der Waals surface area contributed by atoms with E-state index in [1.54, 1.807) is 0 Å². The Morgan fingerprint density at radius 3 is 2.53 bits per heavy atom. The molecule has 3 atom stereocenters. The lowest BCUT2D eigenvalue weighted by Gasteiger charge is -2.46. The predicted octanol–water partition coefficient (Wildman–Crippen LogP) is 3.50. The summed E-state index contributed by atoms with van der Waals surface area (Å²) in [5.74, 6) is -4.26. The van der Waals surface area contributed by atoms with Crippen LogP contribution in [0.2, 0.25) is 0 Å². The van der Waals surface area contributed by atoms with Crippen molar-refractivity contribution < 1.29 is 35.9 Å². The first kappa shape index (κ1) is 21.8. The maximum atomic E-state index is 14.8. The maximum absolute atomic E-state index is 14.8. The standard InChI is InChI=1S/C18H16F6N4O2/c1-8(17(29)28-6-13(9(28)2)30-18(22,23)24)27-16-14(21)15(25-7-26-16)10-3-4-11(19)12(20)5-10/h3-5,7-9,13H,6H2,1-2H3,(H,25,26,27)/t8-,9+,13+/m1/s1. The van der Waals surface area contributed by atoms with E-state index in [0.717, 1.165) is 29.4 Å². The monoisotopic (exact) mass is 434 g/mol. The number of hydrogen-bond acceptors (Lipinski definition) is 5. The number of alkyl halides is 3. The van der Waals surface area contributed by atoms with Crippen LogP contribution in [0, 0.1) is 17.5 Å². The van der Waals surface area contributed by atoms with Crippen LogP contribution in [0.25, 0.3) is 11.3 Å². The lowest BCUT2D eigenvalue weighted by Crippen LogP contribution is -2.65. The molecule has 162 valence electrons. The third-order valence-electron chi connectivity index (χ3n) is 4.68. The fourth-order valence-corrected chi connectivity index (χ4v) is 3.00. The summed E-state index contributed by atoms with van der Waals surface area (Å²) in [7, 11) is 0. The van der Waals surface area contributed by atoms with Gasteiger partial charge in [0.05, 0.1) is 6.04 Å². The number of hydrogen-bond donors (Lipinski definition) is 1. The number of carbonyl (C=O) groups excluding carboxylic acids is 1. The number of rotatable bonds is 5. The van der Waals surface area contributed by atoms with Crippen molar-refractivity contribution in [3.8, 4) is 11.3 Å². The third-order valence-corrected chi connectivity index (χ3v) is 4.68. The van der Waals surface area contributed by atoms with E-state index in [4.69, 9.17) is 0 Å². The van der Waals surface area contributed by atoms with Crippen molar-refractivity contribution in [3.05, 3.63) is 42.0 Å². The van der Waals surface area contributed by atoms with Gasteiger partial charge in [0.2, 0.25) is 5.91 Å². The van der Waals surface area contributed by atoms with Gasteiger partial charge < -0.3 is 10.2 Å². The average Bonchev–Trinajstić information content (AvgIpc) is 2.67. The van der Waals surface area contributed by atoms with Crippen molar-refractivity contribution in [2.24, 2.45) is 0 Å². The molecule has 1 aliphatic heterocycles. The molecule has 1 aliphatic rings. The number of amides is 1. The van der Waals surface area contributed by atoms with Gasteiger partial charge in [0, 0.05) is 12.1 Å². The normalized spacial score (nSPS) is 19.9. The molecule has 30 heavy (non-hydrogen) atoms. The number of likely N-dealkylation sites (tertiary alicyclic amines) is 1. The summed E-state index contributed by atoms with van der Waals surface area (Å²) >= 11 is 0. The Bertz CT molecular complexity index is 955. The van der Waals surface area contributed by atoms with Gasteiger partial charge in [-0.2, -0.15) is 0 Å². The molecule has 6 nitrogen and oxygen atoms in total. The number of aromatic nitrogens is 2. The minimum absolute atomic E-state index is 0.0423. The number of anilines is 1. The van der Waals surface area contributed by atoms with Crippen LogP contribution < -0.4 is 5.32 Å². The topological polar surface area (TPSA) is 67.4 Å². The van der Waals surface area contributed by atoms with Crippen molar-refractivity contribution in [2.75, 3.05) is 11.9 Å². The second kappa shape index (κ2) is 8.09. The Balaban J connectivity index is 1.71. The Morgan fingerprint density at radius 1 is 1.23 bits per heavy atom. The van der Waals surface area contributed by atoms with E-state index in [-0.39, 0.29) is 23.6 Å². The van der Waals surface area contributed by atoms with Gasteiger partial charge in [-0.1, -0.05) is 0 Å². The van der Waals surface area contributed by atoms with Gasteiger partial charge in [-0.25, -0.2) is 23.1 Å². The molecule has 1 amide bonds. The predicted molar refractivity (Wildman–Crippen MR) is 92.5 cm³/mol. The first-order valence-corrected chi connectivity index (χ1v) is 8.75. The zero-order valence-electron chi connectivity index (χ0n) is 15.7. The van der Waals surface area contributed by atoms with Crippen molar-refractivity contribution in [3.63, 3.8) is 0 Å². The Hall–Kier alpha value is -2.89. The summed E-state index contributed by atoms with van der Waals surface area (Å²) in [4.78, 5) is 21.0. The third kappa shape index (κ3) is 4.48. The molecule has 1 aromatic carbocycles. The summed E-state index contributed by atoms with van der Waals surface area (Å²) < 4.78 is 82.1. The van der Waals surface area contributed by atoms with Crippen LogP contribution in [-0.4, -0.2) is 51.9 Å². The molecule has 0 spiro atoms. The fraction of sp³-hybridized carbons (Fsp3) is 0.389. The minimum atomic E-state index is -4.81. The molecule has 1 fully saturated rings. The van der Waals surface area contributed by atoms with Crippen LogP contribution in [0.3, 0.4) is 0 Å². The van der Waals surface area contributed by atoms with Crippen molar-refractivity contribution >= 4 is 11.7 Å². The SMILES string of the molecule is C[C@@H](Nc1ncnc(-c2ccc(F)c(F)c2)c1F)C(=O)N1C[C@H](OC(F)(F)F)[C@@H]1C. The molecule has 0 radical (unpaired) electrons. The molecule has 0 unspecified atom stereocenters. The molecule has 1 N–H and O–H groups in total. The largest absolute Gasteiger partial charge is 0.522 e. The van der Waals surface area contributed by atoms with Gasteiger partial charge in [-0.05, 0) is 32.0 Å². The smallest absolute Gasteiger partial charge is 0.356 e. The number of nitrogens with one attached hydrogen (secondary N) is 1. The highest BCUT2D eigenvalue weighted by molar-refractivity contribution is 5.85. The lowest BCUT2D eigenvalue weighted by molar-refractivity contribution is -0.359. The van der Waals surface area contributed by atoms with E-state index in [1.807, 2.05) is 0 Å². The van der Waals surface area contributed by atoms with Crippen LogP contribution in [0.4, 0.5) is 32.2 Å². The van der Waals surface area contributed by atoms with Gasteiger partial charge in [0.25, 0.3) is 0 Å². The summed E-state index contributed by atoms with van der Waals surface area (Å²) in [5, 5.41) is 2.53. The van der Waals surface area contributed by atoms with E-state index >= 15 is 0 Å². The molecule has 2 heterocycles. The zero-order valence-corrected chi connectivity index (χ0v) is 15.7. The number of carbonyl (C=O) groups is 1. The molecule has 1 aromatic heterocycles. The van der Waals surface area contributed by atoms with Gasteiger partial charge in [0.1, 0.15) is 24.2 Å². The molecule has 0 bridgehead atoms. The maximum Gasteiger partial charge on any atom is 0.522 e. The van der Waals surface area contributed by atoms with E-state index in [1.165, 1.54) is 13.8 Å². The molecule has 1 saturated heterocycles. The van der Waals surface area contributed by atoms with Gasteiger partial charge in [-0.3, -0.25) is 9.53 Å². The summed E-state index contributed by atoms with van der Waals surface area (Å²) in [6.45, 7) is 2.51. The van der Waals surface area contributed by atoms with Crippen LogP contribution in [0.15, 0.2) is 24.5 Å². The molecule has 0 saturated carbocycles. The first-order chi connectivity index (χ1) is 14.0. The summed E-state index contributed by atoms with van der Waals surface area (Å²) in [6, 6.07) is 0.848. The Morgan fingerprint density at radius 2 is 1.93 bits per heavy atom. The molecular formula is C18H16F6N4O2. The zero-order chi connectivity index (χ0) is 22.2. The number of benzene rings is 1. The van der Waals surface area contributed by atoms with E-state index in [0.29, 0.717) is 0 Å². The van der Waals surface area contributed by atoms with Crippen molar-refractivity contribution in [1.82, 2.24) is 14.9 Å². The highest BCUT2D eigenvalue weighted by Crippen LogP contribution is 2.30. The van der Waals surface area contributed by atoms with Crippen LogP contribution >= 0.6 is 0 Å². The summed E-state index contributed by atoms with van der Waals surface area (Å²) in [6.07, 6.45) is -5.02. The quantitative estimate of drug-likeness (QED) is 0.730. The lowest BCUT2D eigenvalue weighted by atomic mass is 10.00. The minimum Gasteiger partial charge on any atom is -0.356 e. The van der Waals surface area contributed by atoms with Crippen molar-refractivity contribution in [2.45, 2.75) is 38.4 Å². The number of ether oxygens (including phenoxy) is 1. The highest BCUT2D eigenvalue weighted by Gasteiger charge is 2.46. The second-order valence-electron chi connectivity index (χ2n) is 6.71. The van der Waals surface area contributed by atoms with Gasteiger partial charge in [-0.15, -0.1) is 13.2 Å². The Labute approximate surface area is 166 Å². The van der Waals surface area contributed by atoms with Crippen LogP contribution in [-0.2, 0) is 9.53 Å². The molecular weight excluding hydrogens is 418 g/mol. The van der Waals surface area contributed by atoms with Crippen LogP contribution in [0.1, 0.15) is 13.8 Å². The highest BCUT2D eigenvalue weighted by atomic mass is 19.4. The molecule has 12 heteroatoms. The molecule has 2 aromatic rings. The molecule has 3 rings (SSSR count). The Kier molecular flexibility index (Phi) is 5.88. The van der Waals surface area contributed by atoms with E-state index in [2.05, 4.69) is 20.0 Å². The molecule has 0 aliphatic carbocycles. The first-order valence-electron chi connectivity index (χ1n) is 8.75. The van der Waals surface area contributed by atoms with E-state index < -0.39 is 47.9 Å². The fourth-order valence-electron chi connectivity index (χ4n) is 3.00. The average molecular weight is 434 g/mol. The second-order valence-corrected chi connectivity index (χ2v) is 6.71. The number of halogens is 6.